The number of ketones is 1. The lowest BCUT2D eigenvalue weighted by atomic mass is 9.99. The Morgan fingerprint density at radius 1 is 1.21 bits per heavy atom. The number of aromatic nitrogens is 1. The van der Waals surface area contributed by atoms with Crippen LogP contribution < -0.4 is 0 Å². The van der Waals surface area contributed by atoms with Crippen LogP contribution in [0.2, 0.25) is 0 Å². The molecule has 1 N–H and O–H groups in total. The van der Waals surface area contributed by atoms with Crippen molar-refractivity contribution in [1.82, 2.24) is 4.98 Å². The maximum absolute atomic E-state index is 12.2. The number of rotatable bonds is 9. The zero-order valence-corrected chi connectivity index (χ0v) is 16.6. The number of allylic oxidation sites excluding steroid dienone is 5. The number of hydrogen-bond acceptors (Lipinski definition) is 2. The van der Waals surface area contributed by atoms with Crippen LogP contribution in [-0.2, 0) is 6.42 Å². The van der Waals surface area contributed by atoms with Crippen LogP contribution >= 0.6 is 0 Å². The van der Waals surface area contributed by atoms with Crippen LogP contribution in [0.25, 0.3) is 11.1 Å². The summed E-state index contributed by atoms with van der Waals surface area (Å²) in [5, 5.41) is 0. The van der Waals surface area contributed by atoms with Gasteiger partial charge < -0.3 is 4.98 Å². The van der Waals surface area contributed by atoms with Crippen molar-refractivity contribution in [2.45, 2.75) is 39.5 Å². The number of aldehydes is 1. The normalized spacial score (nSPS) is 14.4. The van der Waals surface area contributed by atoms with E-state index in [4.69, 9.17) is 0 Å². The van der Waals surface area contributed by atoms with Crippen LogP contribution in [0.5, 0.6) is 0 Å². The highest BCUT2D eigenvalue weighted by molar-refractivity contribution is 5.99. The number of carbonyl (C=O) groups is 2. The van der Waals surface area contributed by atoms with Gasteiger partial charge in [-0.1, -0.05) is 56.3 Å². The standard InChI is InChI=1S/C25H27NO2/c1-4-6-21(24-15-22(16-27)23(26-24)7-5-2)14-17(3)18-8-10-19(11-9-18)25(28)20-12-13-20/h4,6,8-11,14-16,20,26H,3,5,7,12-13H2,1-2H3/b6-4-,21-14+. The molecule has 1 aliphatic rings. The molecule has 3 nitrogen and oxygen atoms in total. The molecular weight excluding hydrogens is 346 g/mol. The fourth-order valence-corrected chi connectivity index (χ4v) is 3.33. The average molecular weight is 373 g/mol. The van der Waals surface area contributed by atoms with E-state index in [0.717, 1.165) is 65.6 Å². The van der Waals surface area contributed by atoms with E-state index in [1.54, 1.807) is 0 Å². The molecule has 2 aromatic rings. The van der Waals surface area contributed by atoms with E-state index in [0.29, 0.717) is 5.56 Å². The lowest BCUT2D eigenvalue weighted by Gasteiger charge is -2.06. The topological polar surface area (TPSA) is 49.9 Å². The van der Waals surface area contributed by atoms with E-state index >= 15 is 0 Å². The summed E-state index contributed by atoms with van der Waals surface area (Å²) in [6, 6.07) is 9.59. The largest absolute Gasteiger partial charge is 0.358 e. The van der Waals surface area contributed by atoms with E-state index in [-0.39, 0.29) is 11.7 Å². The van der Waals surface area contributed by atoms with E-state index in [2.05, 4.69) is 18.5 Å². The van der Waals surface area contributed by atoms with Crippen molar-refractivity contribution in [2.24, 2.45) is 5.92 Å². The Bertz CT molecular complexity index is 937. The highest BCUT2D eigenvalue weighted by Gasteiger charge is 2.30. The zero-order valence-electron chi connectivity index (χ0n) is 16.6. The molecule has 0 aliphatic heterocycles. The van der Waals surface area contributed by atoms with Gasteiger partial charge in [0.1, 0.15) is 0 Å². The van der Waals surface area contributed by atoms with E-state index in [1.807, 2.05) is 55.5 Å². The van der Waals surface area contributed by atoms with Crippen LogP contribution in [0, 0.1) is 5.92 Å². The molecule has 144 valence electrons. The average Bonchev–Trinajstić information content (AvgIpc) is 3.48. The molecule has 1 fully saturated rings. The SMILES string of the molecule is C=C(/C=C(\C=C/C)c1cc(C=O)c(CCC)[nH]1)c1ccc(C(=O)C2CC2)cc1. The van der Waals surface area contributed by atoms with Crippen LogP contribution in [0.4, 0.5) is 0 Å². The first-order chi connectivity index (χ1) is 13.6. The van der Waals surface area contributed by atoms with Crippen molar-refractivity contribution < 1.29 is 9.59 Å². The predicted octanol–water partition coefficient (Wildman–Crippen LogP) is 6.05. The maximum Gasteiger partial charge on any atom is 0.165 e. The van der Waals surface area contributed by atoms with Gasteiger partial charge in [-0.25, -0.2) is 0 Å². The Hall–Kier alpha value is -2.94. The molecule has 1 saturated carbocycles. The summed E-state index contributed by atoms with van der Waals surface area (Å²) >= 11 is 0. The first-order valence-electron chi connectivity index (χ1n) is 9.92. The Morgan fingerprint density at radius 3 is 2.46 bits per heavy atom. The first kappa shape index (κ1) is 19.8. The third-order valence-electron chi connectivity index (χ3n) is 5.04. The Balaban J connectivity index is 1.86. The number of aryl methyl sites for hydroxylation is 1. The second-order valence-corrected chi connectivity index (χ2v) is 7.33. The highest BCUT2D eigenvalue weighted by atomic mass is 16.1. The minimum Gasteiger partial charge on any atom is -0.358 e. The Morgan fingerprint density at radius 2 is 1.89 bits per heavy atom. The number of H-pyrrole nitrogens is 1. The monoisotopic (exact) mass is 373 g/mol. The summed E-state index contributed by atoms with van der Waals surface area (Å²) < 4.78 is 0. The summed E-state index contributed by atoms with van der Waals surface area (Å²) in [7, 11) is 0. The third kappa shape index (κ3) is 4.48. The highest BCUT2D eigenvalue weighted by Crippen LogP contribution is 2.33. The van der Waals surface area contributed by atoms with Gasteiger partial charge in [-0.05, 0) is 55.0 Å². The van der Waals surface area contributed by atoms with Crippen molar-refractivity contribution in [1.29, 1.82) is 0 Å². The predicted molar refractivity (Wildman–Crippen MR) is 115 cm³/mol. The molecule has 1 aromatic carbocycles. The van der Waals surface area contributed by atoms with Gasteiger partial charge >= 0.3 is 0 Å². The molecule has 3 heteroatoms. The van der Waals surface area contributed by atoms with Crippen LogP contribution in [-0.4, -0.2) is 17.1 Å². The van der Waals surface area contributed by atoms with Crippen molar-refractivity contribution >= 4 is 23.2 Å². The summed E-state index contributed by atoms with van der Waals surface area (Å²) in [6.45, 7) is 8.26. The fraction of sp³-hybridized carbons (Fsp3) is 0.280. The van der Waals surface area contributed by atoms with Gasteiger partial charge in [-0.15, -0.1) is 0 Å². The van der Waals surface area contributed by atoms with Crippen LogP contribution in [0.3, 0.4) is 0 Å². The molecule has 28 heavy (non-hydrogen) atoms. The molecule has 0 radical (unpaired) electrons. The molecule has 1 aliphatic carbocycles. The summed E-state index contributed by atoms with van der Waals surface area (Å²) in [4.78, 5) is 26.9. The van der Waals surface area contributed by atoms with Gasteiger partial charge in [-0.3, -0.25) is 9.59 Å². The minimum absolute atomic E-state index is 0.229. The fourth-order valence-electron chi connectivity index (χ4n) is 3.33. The number of benzene rings is 1. The second-order valence-electron chi connectivity index (χ2n) is 7.33. The third-order valence-corrected chi connectivity index (χ3v) is 5.04. The number of hydrogen-bond donors (Lipinski definition) is 1. The Labute approximate surface area is 166 Å². The van der Waals surface area contributed by atoms with Crippen molar-refractivity contribution in [3.8, 4) is 0 Å². The van der Waals surface area contributed by atoms with Gasteiger partial charge in [0.05, 0.1) is 0 Å². The lowest BCUT2D eigenvalue weighted by molar-refractivity contribution is 0.0967. The molecule has 0 amide bonds. The molecule has 0 bridgehead atoms. The van der Waals surface area contributed by atoms with E-state index < -0.39 is 0 Å². The number of aromatic amines is 1. The molecule has 0 atom stereocenters. The molecule has 0 unspecified atom stereocenters. The number of carbonyl (C=O) groups excluding carboxylic acids is 2. The zero-order chi connectivity index (χ0) is 20.1. The molecule has 0 spiro atoms. The van der Waals surface area contributed by atoms with Gasteiger partial charge in [0.25, 0.3) is 0 Å². The quantitative estimate of drug-likeness (QED) is 0.331. The van der Waals surface area contributed by atoms with E-state index in [9.17, 15) is 9.59 Å². The molecule has 1 aromatic heterocycles. The molecular formula is C25H27NO2. The second kappa shape index (κ2) is 8.83. The smallest absolute Gasteiger partial charge is 0.165 e. The van der Waals surface area contributed by atoms with Gasteiger partial charge in [-0.2, -0.15) is 0 Å². The van der Waals surface area contributed by atoms with Gasteiger partial charge in [0, 0.05) is 28.4 Å². The molecule has 3 rings (SSSR count). The van der Waals surface area contributed by atoms with Crippen molar-refractivity contribution in [2.75, 3.05) is 0 Å². The van der Waals surface area contributed by atoms with Crippen LogP contribution in [0.1, 0.15) is 70.8 Å². The molecule has 1 heterocycles. The summed E-state index contributed by atoms with van der Waals surface area (Å²) in [5.74, 6) is 0.478. The van der Waals surface area contributed by atoms with Crippen molar-refractivity contribution in [3.05, 3.63) is 83.2 Å². The first-order valence-corrected chi connectivity index (χ1v) is 9.92. The van der Waals surface area contributed by atoms with Crippen molar-refractivity contribution in [3.63, 3.8) is 0 Å². The summed E-state index contributed by atoms with van der Waals surface area (Å²) in [5.41, 5.74) is 6.17. The van der Waals surface area contributed by atoms with Gasteiger partial charge in [0.15, 0.2) is 12.1 Å². The molecule has 0 saturated heterocycles. The lowest BCUT2D eigenvalue weighted by Crippen LogP contribution is -2.00. The maximum atomic E-state index is 12.2. The van der Waals surface area contributed by atoms with E-state index in [1.165, 1.54) is 0 Å². The van der Waals surface area contributed by atoms with Gasteiger partial charge in [0.2, 0.25) is 0 Å². The summed E-state index contributed by atoms with van der Waals surface area (Å²) in [6.07, 6.45) is 10.7. The minimum atomic E-state index is 0.229. The number of Topliss-reactive ketones (excluding diaryl/α,β-unsaturated/α-hetero) is 1. The number of nitrogens with one attached hydrogen (secondary N) is 1. The Kier molecular flexibility index (Phi) is 6.25. The van der Waals surface area contributed by atoms with Crippen LogP contribution in [0.15, 0.2) is 55.1 Å².